The molecule has 106 valence electrons. The average molecular weight is 262 g/mol. The van der Waals surface area contributed by atoms with Crippen LogP contribution in [0.4, 0.5) is 0 Å². The molecule has 19 heavy (non-hydrogen) atoms. The summed E-state index contributed by atoms with van der Waals surface area (Å²) in [6.07, 6.45) is 0. The van der Waals surface area contributed by atoms with Crippen LogP contribution in [0.25, 0.3) is 0 Å². The Morgan fingerprint density at radius 1 is 1.37 bits per heavy atom. The van der Waals surface area contributed by atoms with Crippen LogP contribution in [0.15, 0.2) is 18.2 Å². The van der Waals surface area contributed by atoms with E-state index in [9.17, 15) is 0 Å². The van der Waals surface area contributed by atoms with Crippen LogP contribution in [0.5, 0.6) is 0 Å². The summed E-state index contributed by atoms with van der Waals surface area (Å²) in [7, 11) is 0. The number of morpholine rings is 1. The molecule has 0 amide bonds. The molecule has 0 spiro atoms. The Hall–Kier alpha value is -0.900. The van der Waals surface area contributed by atoms with Crippen LogP contribution in [0, 0.1) is 13.8 Å². The third-order valence-electron chi connectivity index (χ3n) is 3.79. The van der Waals surface area contributed by atoms with Gasteiger partial charge in [-0.3, -0.25) is 4.90 Å². The van der Waals surface area contributed by atoms with Crippen LogP contribution in [0.2, 0.25) is 0 Å². The first-order chi connectivity index (χ1) is 8.87. The van der Waals surface area contributed by atoms with E-state index in [-0.39, 0.29) is 11.6 Å². The normalized spacial score (nSPS) is 21.3. The van der Waals surface area contributed by atoms with E-state index in [2.05, 4.69) is 50.8 Å². The van der Waals surface area contributed by atoms with E-state index in [4.69, 9.17) is 10.5 Å². The third kappa shape index (κ3) is 3.78. The van der Waals surface area contributed by atoms with E-state index in [1.165, 1.54) is 16.7 Å². The van der Waals surface area contributed by atoms with Crippen molar-refractivity contribution < 1.29 is 4.74 Å². The van der Waals surface area contributed by atoms with Crippen molar-refractivity contribution in [2.75, 3.05) is 26.2 Å². The summed E-state index contributed by atoms with van der Waals surface area (Å²) in [5.41, 5.74) is 10.2. The monoisotopic (exact) mass is 262 g/mol. The van der Waals surface area contributed by atoms with Gasteiger partial charge >= 0.3 is 0 Å². The van der Waals surface area contributed by atoms with Crippen LogP contribution in [-0.4, -0.2) is 36.7 Å². The maximum Gasteiger partial charge on any atom is 0.0753 e. The highest BCUT2D eigenvalue weighted by Gasteiger charge is 2.28. The molecule has 0 radical (unpaired) electrons. The van der Waals surface area contributed by atoms with Gasteiger partial charge in [-0.15, -0.1) is 0 Å². The Morgan fingerprint density at radius 3 is 2.79 bits per heavy atom. The smallest absolute Gasteiger partial charge is 0.0753 e. The number of aryl methyl sites for hydroxylation is 2. The highest BCUT2D eigenvalue weighted by atomic mass is 16.5. The molecule has 1 aliphatic rings. The van der Waals surface area contributed by atoms with Crippen molar-refractivity contribution in [2.24, 2.45) is 5.73 Å². The van der Waals surface area contributed by atoms with Crippen LogP contribution in [-0.2, 0) is 4.74 Å². The van der Waals surface area contributed by atoms with Crippen molar-refractivity contribution in [3.63, 3.8) is 0 Å². The molecule has 2 rings (SSSR count). The number of rotatable bonds is 3. The standard InChI is InChI=1S/C16H26N2O/c1-12-5-6-13(2)14(9-12)15(17)10-18-7-8-19-16(3,4)11-18/h5-6,9,15H,7-8,10-11,17H2,1-4H3. The number of hydrogen-bond acceptors (Lipinski definition) is 3. The average Bonchev–Trinajstić information content (AvgIpc) is 2.31. The van der Waals surface area contributed by atoms with Crippen LogP contribution >= 0.6 is 0 Å². The lowest BCUT2D eigenvalue weighted by Crippen LogP contribution is -2.50. The summed E-state index contributed by atoms with van der Waals surface area (Å²) in [4.78, 5) is 2.41. The largest absolute Gasteiger partial charge is 0.373 e. The van der Waals surface area contributed by atoms with Crippen molar-refractivity contribution in [2.45, 2.75) is 39.3 Å². The minimum atomic E-state index is -0.0559. The molecule has 0 bridgehead atoms. The molecular formula is C16H26N2O. The zero-order chi connectivity index (χ0) is 14.0. The molecule has 1 fully saturated rings. The molecule has 1 aromatic rings. The molecule has 1 aliphatic heterocycles. The molecule has 1 atom stereocenters. The van der Waals surface area contributed by atoms with Crippen LogP contribution in [0.1, 0.15) is 36.6 Å². The van der Waals surface area contributed by atoms with Gasteiger partial charge < -0.3 is 10.5 Å². The maximum atomic E-state index is 6.40. The molecule has 0 aliphatic carbocycles. The van der Waals surface area contributed by atoms with Gasteiger partial charge in [-0.1, -0.05) is 23.8 Å². The highest BCUT2D eigenvalue weighted by Crippen LogP contribution is 2.22. The van der Waals surface area contributed by atoms with Crippen molar-refractivity contribution >= 4 is 0 Å². The first-order valence-electron chi connectivity index (χ1n) is 7.06. The number of hydrogen-bond donors (Lipinski definition) is 1. The van der Waals surface area contributed by atoms with Gasteiger partial charge in [0, 0.05) is 25.7 Å². The molecule has 1 saturated heterocycles. The second-order valence-electron chi connectivity index (χ2n) is 6.31. The van der Waals surface area contributed by atoms with Crippen LogP contribution in [0.3, 0.4) is 0 Å². The zero-order valence-electron chi connectivity index (χ0n) is 12.6. The fraction of sp³-hybridized carbons (Fsp3) is 0.625. The molecular weight excluding hydrogens is 236 g/mol. The second-order valence-corrected chi connectivity index (χ2v) is 6.31. The molecule has 0 aromatic heterocycles. The molecule has 1 heterocycles. The molecule has 1 aromatic carbocycles. The van der Waals surface area contributed by atoms with Crippen LogP contribution < -0.4 is 5.73 Å². The van der Waals surface area contributed by atoms with E-state index in [0.29, 0.717) is 0 Å². The number of nitrogens with zero attached hydrogens (tertiary/aromatic N) is 1. The Morgan fingerprint density at radius 2 is 2.11 bits per heavy atom. The number of ether oxygens (including phenoxy) is 1. The molecule has 0 saturated carbocycles. The lowest BCUT2D eigenvalue weighted by atomic mass is 9.98. The van der Waals surface area contributed by atoms with Gasteiger partial charge in [0.2, 0.25) is 0 Å². The Kier molecular flexibility index (Phi) is 4.29. The topological polar surface area (TPSA) is 38.5 Å². The van der Waals surface area contributed by atoms with E-state index >= 15 is 0 Å². The minimum Gasteiger partial charge on any atom is -0.373 e. The van der Waals surface area contributed by atoms with Crippen molar-refractivity contribution in [3.8, 4) is 0 Å². The summed E-state index contributed by atoms with van der Waals surface area (Å²) in [5, 5.41) is 0. The first kappa shape index (κ1) is 14.5. The quantitative estimate of drug-likeness (QED) is 0.909. The van der Waals surface area contributed by atoms with E-state index < -0.39 is 0 Å². The molecule has 1 unspecified atom stereocenters. The van der Waals surface area contributed by atoms with Gasteiger partial charge in [0.15, 0.2) is 0 Å². The van der Waals surface area contributed by atoms with Crippen molar-refractivity contribution in [1.82, 2.24) is 4.90 Å². The molecule has 2 N–H and O–H groups in total. The van der Waals surface area contributed by atoms with Gasteiger partial charge in [0.1, 0.15) is 0 Å². The number of nitrogens with two attached hydrogens (primary N) is 1. The molecule has 3 heteroatoms. The summed E-state index contributed by atoms with van der Waals surface area (Å²) in [6.45, 7) is 12.2. The van der Waals surface area contributed by atoms with E-state index in [1.54, 1.807) is 0 Å². The van der Waals surface area contributed by atoms with Gasteiger partial charge in [-0.05, 0) is 38.8 Å². The second kappa shape index (κ2) is 5.61. The first-order valence-corrected chi connectivity index (χ1v) is 7.06. The number of benzene rings is 1. The molecule has 3 nitrogen and oxygen atoms in total. The van der Waals surface area contributed by atoms with Gasteiger partial charge in [0.25, 0.3) is 0 Å². The zero-order valence-corrected chi connectivity index (χ0v) is 12.6. The Labute approximate surface area is 116 Å². The predicted molar refractivity (Wildman–Crippen MR) is 79.3 cm³/mol. The lowest BCUT2D eigenvalue weighted by Gasteiger charge is -2.39. The van der Waals surface area contributed by atoms with Crippen molar-refractivity contribution in [3.05, 3.63) is 34.9 Å². The summed E-state index contributed by atoms with van der Waals surface area (Å²) in [5.74, 6) is 0. The van der Waals surface area contributed by atoms with Gasteiger partial charge in [-0.25, -0.2) is 0 Å². The third-order valence-corrected chi connectivity index (χ3v) is 3.79. The summed E-state index contributed by atoms with van der Waals surface area (Å²) < 4.78 is 5.74. The predicted octanol–water partition coefficient (Wildman–Crippen LogP) is 2.41. The van der Waals surface area contributed by atoms with E-state index in [0.717, 1.165) is 26.2 Å². The summed E-state index contributed by atoms with van der Waals surface area (Å²) >= 11 is 0. The highest BCUT2D eigenvalue weighted by molar-refractivity contribution is 5.33. The van der Waals surface area contributed by atoms with E-state index in [1.807, 2.05) is 0 Å². The maximum absolute atomic E-state index is 6.40. The summed E-state index contributed by atoms with van der Waals surface area (Å²) in [6, 6.07) is 6.59. The fourth-order valence-corrected chi connectivity index (χ4v) is 2.81. The Balaban J connectivity index is 2.04. The Bertz CT molecular complexity index is 442. The van der Waals surface area contributed by atoms with Crippen molar-refractivity contribution in [1.29, 1.82) is 0 Å². The van der Waals surface area contributed by atoms with Gasteiger partial charge in [-0.2, -0.15) is 0 Å². The van der Waals surface area contributed by atoms with Gasteiger partial charge in [0.05, 0.1) is 12.2 Å². The minimum absolute atomic E-state index is 0.0559. The lowest BCUT2D eigenvalue weighted by molar-refractivity contribution is -0.0870. The fourth-order valence-electron chi connectivity index (χ4n) is 2.81. The SMILES string of the molecule is Cc1ccc(C)c(C(N)CN2CCOC(C)(C)C2)c1.